The Balaban J connectivity index is 1.48. The number of allylic oxidation sites excluding steroid dienone is 3. The molecule has 1 atom stereocenters. The molecule has 0 saturated heterocycles. The molecule has 0 aliphatic heterocycles. The maximum atomic E-state index is 13.7. The van der Waals surface area contributed by atoms with Gasteiger partial charge in [0.25, 0.3) is 0 Å². The Bertz CT molecular complexity index is 1800. The predicted octanol–water partition coefficient (Wildman–Crippen LogP) is 8.03. The van der Waals surface area contributed by atoms with Gasteiger partial charge < -0.3 is 9.40 Å². The molecule has 0 fully saturated rings. The molecule has 1 aromatic heterocycles. The van der Waals surface area contributed by atoms with Gasteiger partial charge in [0.05, 0.1) is 0 Å². The van der Waals surface area contributed by atoms with Crippen molar-refractivity contribution < 1.29 is 19.2 Å². The summed E-state index contributed by atoms with van der Waals surface area (Å²) in [7, 11) is 0. The first-order valence-corrected chi connectivity index (χ1v) is 15.3. The molecule has 214 valence electrons. The minimum absolute atomic E-state index is 0.0431. The predicted molar refractivity (Wildman–Crippen MR) is 172 cm³/mol. The third-order valence-corrected chi connectivity index (χ3v) is 8.83. The van der Waals surface area contributed by atoms with E-state index in [9.17, 15) is 14.4 Å². The minimum atomic E-state index is -0.588. The zero-order valence-electron chi connectivity index (χ0n) is 23.7. The lowest BCUT2D eigenvalue weighted by Gasteiger charge is -2.13. The second-order valence-electron chi connectivity index (χ2n) is 10.1. The standard InChI is InChI=1S/C34H31ClN2O4S/c1-4-37-31-15-9-23(33(39)27-8-6-5-7-21(27)2)19-28(31)29-20-24(10-16-32(29)37)34(40)30(36-41-22(3)38)17-18-42-26-13-11-25(35)12-14-26/h5-13,15-16,19-20,26H,4,14,17-18H2,1-3H3/b36-30+. The molecule has 1 aliphatic rings. The molecule has 1 heterocycles. The molecule has 42 heavy (non-hydrogen) atoms. The lowest BCUT2D eigenvalue weighted by Crippen LogP contribution is -2.17. The third kappa shape index (κ3) is 6.27. The summed E-state index contributed by atoms with van der Waals surface area (Å²) >= 11 is 7.72. The van der Waals surface area contributed by atoms with Crippen LogP contribution in [0.4, 0.5) is 0 Å². The van der Waals surface area contributed by atoms with E-state index in [0.717, 1.165) is 45.4 Å². The lowest BCUT2D eigenvalue weighted by molar-refractivity contribution is -0.140. The number of nitrogens with zero attached hydrogens (tertiary/aromatic N) is 2. The number of hydrogen-bond donors (Lipinski definition) is 0. The Kier molecular flexibility index (Phi) is 9.09. The average Bonchev–Trinajstić information content (AvgIpc) is 3.31. The summed E-state index contributed by atoms with van der Waals surface area (Å²) in [4.78, 5) is 43.5. The van der Waals surface area contributed by atoms with Crippen molar-refractivity contribution >= 4 is 68.4 Å². The summed E-state index contributed by atoms with van der Waals surface area (Å²) in [6.07, 6.45) is 7.05. The molecule has 5 rings (SSSR count). The van der Waals surface area contributed by atoms with E-state index in [1.165, 1.54) is 6.92 Å². The molecule has 0 radical (unpaired) electrons. The summed E-state index contributed by atoms with van der Waals surface area (Å²) in [6, 6.07) is 18.9. The number of carbonyl (C=O) groups excluding carboxylic acids is 3. The van der Waals surface area contributed by atoms with Gasteiger partial charge in [-0.15, -0.1) is 0 Å². The molecule has 8 heteroatoms. The van der Waals surface area contributed by atoms with Gasteiger partial charge in [-0.25, -0.2) is 4.79 Å². The highest BCUT2D eigenvalue weighted by Crippen LogP contribution is 2.32. The zero-order chi connectivity index (χ0) is 29.8. The summed E-state index contributed by atoms with van der Waals surface area (Å²) < 4.78 is 2.17. The maximum absolute atomic E-state index is 13.7. The number of hydrogen-bond acceptors (Lipinski definition) is 6. The monoisotopic (exact) mass is 598 g/mol. The van der Waals surface area contributed by atoms with Crippen LogP contribution < -0.4 is 0 Å². The molecule has 3 aromatic carbocycles. The van der Waals surface area contributed by atoms with E-state index in [1.807, 2.05) is 79.7 Å². The number of rotatable bonds is 10. The van der Waals surface area contributed by atoms with E-state index >= 15 is 0 Å². The molecule has 4 aromatic rings. The highest BCUT2D eigenvalue weighted by Gasteiger charge is 2.20. The molecular weight excluding hydrogens is 568 g/mol. The molecule has 6 nitrogen and oxygen atoms in total. The number of fused-ring (bicyclic) bond motifs is 3. The van der Waals surface area contributed by atoms with E-state index in [4.69, 9.17) is 16.4 Å². The van der Waals surface area contributed by atoms with Crippen molar-refractivity contribution in [3.8, 4) is 0 Å². The van der Waals surface area contributed by atoms with Crippen molar-refractivity contribution in [1.29, 1.82) is 0 Å². The molecule has 1 unspecified atom stereocenters. The van der Waals surface area contributed by atoms with Crippen LogP contribution in [0, 0.1) is 6.92 Å². The van der Waals surface area contributed by atoms with Crippen LogP contribution in [0.3, 0.4) is 0 Å². The van der Waals surface area contributed by atoms with Crippen molar-refractivity contribution in [2.24, 2.45) is 5.16 Å². The molecular formula is C34H31ClN2O4S. The number of benzene rings is 3. The highest BCUT2D eigenvalue weighted by molar-refractivity contribution is 8.00. The normalized spacial score (nSPS) is 15.2. The van der Waals surface area contributed by atoms with Gasteiger partial charge in [-0.3, -0.25) is 9.59 Å². The van der Waals surface area contributed by atoms with Crippen molar-refractivity contribution in [1.82, 2.24) is 4.57 Å². The number of oxime groups is 1. The van der Waals surface area contributed by atoms with Gasteiger partial charge in [0, 0.05) is 68.7 Å². The van der Waals surface area contributed by atoms with Gasteiger partial charge in [-0.2, -0.15) is 11.8 Å². The summed E-state index contributed by atoms with van der Waals surface area (Å²) in [5.41, 5.74) is 4.75. The van der Waals surface area contributed by atoms with E-state index in [1.54, 1.807) is 17.8 Å². The van der Waals surface area contributed by atoms with Crippen LogP contribution in [-0.4, -0.2) is 38.8 Å². The largest absolute Gasteiger partial charge is 0.341 e. The lowest BCUT2D eigenvalue weighted by atomic mass is 9.97. The SMILES string of the molecule is CCn1c2ccc(C(=O)/C(CCSC3C=CC(Cl)=CC3)=N/OC(C)=O)cc2c2cc(C(=O)c3ccccc3C)ccc21. The number of carbonyl (C=O) groups is 3. The number of ketones is 2. The number of thioether (sulfide) groups is 1. The van der Waals surface area contributed by atoms with E-state index in [2.05, 4.69) is 16.6 Å². The first-order chi connectivity index (χ1) is 20.3. The van der Waals surface area contributed by atoms with Crippen molar-refractivity contribution in [3.63, 3.8) is 0 Å². The first kappa shape index (κ1) is 29.5. The summed E-state index contributed by atoms with van der Waals surface area (Å²) in [5.74, 6) is -0.312. The number of halogens is 1. The van der Waals surface area contributed by atoms with Crippen LogP contribution in [-0.2, 0) is 16.2 Å². The Labute approximate surface area is 254 Å². The van der Waals surface area contributed by atoms with Crippen LogP contribution in [0.5, 0.6) is 0 Å². The second-order valence-corrected chi connectivity index (χ2v) is 11.9. The van der Waals surface area contributed by atoms with Gasteiger partial charge >= 0.3 is 5.97 Å². The second kappa shape index (κ2) is 12.9. The Morgan fingerprint density at radius 2 is 1.71 bits per heavy atom. The first-order valence-electron chi connectivity index (χ1n) is 13.9. The maximum Gasteiger partial charge on any atom is 0.331 e. The topological polar surface area (TPSA) is 77.7 Å². The summed E-state index contributed by atoms with van der Waals surface area (Å²) in [5, 5.41) is 6.69. The van der Waals surface area contributed by atoms with E-state index < -0.39 is 5.97 Å². The molecule has 0 saturated carbocycles. The Morgan fingerprint density at radius 3 is 2.36 bits per heavy atom. The van der Waals surface area contributed by atoms with Gasteiger partial charge in [0.15, 0.2) is 5.78 Å². The smallest absolute Gasteiger partial charge is 0.331 e. The molecule has 0 N–H and O–H groups in total. The fourth-order valence-electron chi connectivity index (χ4n) is 5.20. The van der Waals surface area contributed by atoms with Crippen molar-refractivity contribution in [2.75, 3.05) is 5.75 Å². The Hall–Kier alpha value is -3.94. The van der Waals surface area contributed by atoms with Gasteiger partial charge in [0.1, 0.15) is 5.71 Å². The number of aromatic nitrogens is 1. The van der Waals surface area contributed by atoms with Gasteiger partial charge in [-0.1, -0.05) is 53.2 Å². The van der Waals surface area contributed by atoms with E-state index in [-0.39, 0.29) is 22.5 Å². The fraction of sp³-hybridized carbons (Fsp3) is 0.235. The van der Waals surface area contributed by atoms with Crippen LogP contribution >= 0.6 is 23.4 Å². The fourth-order valence-corrected chi connectivity index (χ4v) is 6.40. The van der Waals surface area contributed by atoms with Crippen LogP contribution in [0.25, 0.3) is 21.8 Å². The van der Waals surface area contributed by atoms with Crippen LogP contribution in [0.15, 0.2) is 89.1 Å². The molecule has 0 spiro atoms. The average molecular weight is 599 g/mol. The van der Waals surface area contributed by atoms with Gasteiger partial charge in [0.2, 0.25) is 5.78 Å². The van der Waals surface area contributed by atoms with E-state index in [0.29, 0.717) is 28.9 Å². The zero-order valence-corrected chi connectivity index (χ0v) is 25.3. The molecule has 1 aliphatic carbocycles. The number of Topliss-reactive ketones (excluding diaryl/α,β-unsaturated/α-hetero) is 1. The Morgan fingerprint density at radius 1 is 1.02 bits per heavy atom. The summed E-state index contributed by atoms with van der Waals surface area (Å²) in [6.45, 7) is 5.98. The van der Waals surface area contributed by atoms with Crippen molar-refractivity contribution in [3.05, 3.63) is 106 Å². The minimum Gasteiger partial charge on any atom is -0.341 e. The van der Waals surface area contributed by atoms with Crippen molar-refractivity contribution in [2.45, 2.75) is 45.4 Å². The van der Waals surface area contributed by atoms with Crippen LogP contribution in [0.2, 0.25) is 0 Å². The van der Waals surface area contributed by atoms with Gasteiger partial charge in [-0.05, 0) is 74.1 Å². The highest BCUT2D eigenvalue weighted by atomic mass is 35.5. The number of aryl methyl sites for hydroxylation is 2. The molecule has 0 amide bonds. The quantitative estimate of drug-likeness (QED) is 0.0799. The molecule has 0 bridgehead atoms. The third-order valence-electron chi connectivity index (χ3n) is 7.33. The van der Waals surface area contributed by atoms with Crippen LogP contribution in [0.1, 0.15) is 58.5 Å².